The van der Waals surface area contributed by atoms with Crippen LogP contribution in [0.1, 0.15) is 27.2 Å². The number of halogens is 1. The van der Waals surface area contributed by atoms with Crippen molar-refractivity contribution in [3.05, 3.63) is 76.1 Å². The lowest BCUT2D eigenvalue weighted by Crippen LogP contribution is -2.04. The average molecular weight is 380 g/mol. The highest BCUT2D eigenvalue weighted by atomic mass is 35.5. The monoisotopic (exact) mass is 379 g/mol. The standard InChI is InChI=1S/C20H14ClN3O3/c1-12-17(20(25)26)10-23-19(24-12)13-5-7-15(8-6-13)27-11-14-3-2-4-18(21)16(14)9-22/h2-8,10H,11H2,1H3,(H,25,26). The van der Waals surface area contributed by atoms with Gasteiger partial charge in [-0.25, -0.2) is 14.8 Å². The average Bonchev–Trinajstić information content (AvgIpc) is 2.66. The molecule has 0 aliphatic rings. The van der Waals surface area contributed by atoms with E-state index >= 15 is 0 Å². The van der Waals surface area contributed by atoms with Gasteiger partial charge in [0, 0.05) is 17.3 Å². The molecule has 3 aromatic rings. The predicted octanol–water partition coefficient (Wildman–Crippen LogP) is 4.25. The number of carboxylic acid groups (broad SMARTS) is 1. The number of carbonyl (C=O) groups is 1. The van der Waals surface area contributed by atoms with Gasteiger partial charge >= 0.3 is 5.97 Å². The summed E-state index contributed by atoms with van der Waals surface area (Å²) >= 11 is 6.01. The third kappa shape index (κ3) is 4.05. The van der Waals surface area contributed by atoms with Crippen molar-refractivity contribution >= 4 is 17.6 Å². The SMILES string of the molecule is Cc1nc(-c2ccc(OCc3cccc(Cl)c3C#N)cc2)ncc1C(=O)O. The van der Waals surface area contributed by atoms with Crippen LogP contribution in [0.25, 0.3) is 11.4 Å². The first-order valence-corrected chi connectivity index (χ1v) is 8.35. The second-order valence-corrected chi connectivity index (χ2v) is 6.10. The van der Waals surface area contributed by atoms with E-state index in [-0.39, 0.29) is 12.2 Å². The quantitative estimate of drug-likeness (QED) is 0.711. The van der Waals surface area contributed by atoms with Crippen molar-refractivity contribution in [1.82, 2.24) is 9.97 Å². The summed E-state index contributed by atoms with van der Waals surface area (Å²) in [4.78, 5) is 19.4. The minimum atomic E-state index is -1.06. The van der Waals surface area contributed by atoms with Crippen molar-refractivity contribution in [3.8, 4) is 23.2 Å². The highest BCUT2D eigenvalue weighted by Gasteiger charge is 2.11. The molecule has 0 aliphatic carbocycles. The van der Waals surface area contributed by atoms with Gasteiger partial charge in [0.05, 0.1) is 21.8 Å². The fourth-order valence-corrected chi connectivity index (χ4v) is 2.73. The van der Waals surface area contributed by atoms with Crippen LogP contribution in [0.4, 0.5) is 0 Å². The lowest BCUT2D eigenvalue weighted by Gasteiger charge is -2.09. The number of hydrogen-bond donors (Lipinski definition) is 1. The summed E-state index contributed by atoms with van der Waals surface area (Å²) in [5.41, 5.74) is 2.32. The van der Waals surface area contributed by atoms with Crippen LogP contribution in [0, 0.1) is 18.3 Å². The van der Waals surface area contributed by atoms with E-state index in [0.29, 0.717) is 33.4 Å². The fourth-order valence-electron chi connectivity index (χ4n) is 2.49. The first kappa shape index (κ1) is 18.4. The number of aromatic nitrogens is 2. The third-order valence-electron chi connectivity index (χ3n) is 3.93. The second kappa shape index (κ2) is 7.85. The summed E-state index contributed by atoms with van der Waals surface area (Å²) < 4.78 is 5.73. The Morgan fingerprint density at radius 3 is 2.63 bits per heavy atom. The number of nitriles is 1. The number of aryl methyl sites for hydroxylation is 1. The number of ether oxygens (including phenoxy) is 1. The lowest BCUT2D eigenvalue weighted by atomic mass is 10.1. The Morgan fingerprint density at radius 2 is 2.00 bits per heavy atom. The molecule has 134 valence electrons. The van der Waals surface area contributed by atoms with E-state index in [1.807, 2.05) is 0 Å². The molecule has 1 aromatic heterocycles. The largest absolute Gasteiger partial charge is 0.489 e. The van der Waals surface area contributed by atoms with Crippen LogP contribution in [0.3, 0.4) is 0 Å². The molecule has 0 saturated heterocycles. The highest BCUT2D eigenvalue weighted by Crippen LogP contribution is 2.23. The molecule has 0 spiro atoms. The maximum absolute atomic E-state index is 11.0. The predicted molar refractivity (Wildman–Crippen MR) is 99.7 cm³/mol. The number of aromatic carboxylic acids is 1. The Hall–Kier alpha value is -3.43. The van der Waals surface area contributed by atoms with Crippen LogP contribution < -0.4 is 4.74 Å². The van der Waals surface area contributed by atoms with Crippen LogP contribution in [0.15, 0.2) is 48.7 Å². The molecule has 0 amide bonds. The molecule has 0 bridgehead atoms. The first-order chi connectivity index (χ1) is 13.0. The fraction of sp³-hybridized carbons (Fsp3) is 0.100. The van der Waals surface area contributed by atoms with Gasteiger partial charge in [0.15, 0.2) is 5.82 Å². The summed E-state index contributed by atoms with van der Waals surface area (Å²) in [5.74, 6) is -0.00676. The van der Waals surface area contributed by atoms with E-state index in [4.69, 9.17) is 21.4 Å². The van der Waals surface area contributed by atoms with Crippen molar-refractivity contribution < 1.29 is 14.6 Å². The molecule has 7 heteroatoms. The minimum absolute atomic E-state index is 0.0773. The van der Waals surface area contributed by atoms with Gasteiger partial charge in [0.1, 0.15) is 18.4 Å². The van der Waals surface area contributed by atoms with Crippen molar-refractivity contribution in [2.24, 2.45) is 0 Å². The van der Waals surface area contributed by atoms with E-state index in [2.05, 4.69) is 16.0 Å². The van der Waals surface area contributed by atoms with Crippen molar-refractivity contribution in [2.45, 2.75) is 13.5 Å². The van der Waals surface area contributed by atoms with Gasteiger partial charge in [-0.3, -0.25) is 0 Å². The summed E-state index contributed by atoms with van der Waals surface area (Å²) in [6.07, 6.45) is 1.30. The normalized spacial score (nSPS) is 10.3. The molecule has 0 fully saturated rings. The molecular formula is C20H14ClN3O3. The molecule has 1 N–H and O–H groups in total. The summed E-state index contributed by atoms with van der Waals surface area (Å²) in [6, 6.07) is 14.4. The summed E-state index contributed by atoms with van der Waals surface area (Å²) in [7, 11) is 0. The van der Waals surface area contributed by atoms with Crippen LogP contribution in [-0.2, 0) is 6.61 Å². The van der Waals surface area contributed by atoms with Gasteiger partial charge in [0.25, 0.3) is 0 Å². The minimum Gasteiger partial charge on any atom is -0.489 e. The highest BCUT2D eigenvalue weighted by molar-refractivity contribution is 6.31. The first-order valence-electron chi connectivity index (χ1n) is 7.97. The molecule has 6 nitrogen and oxygen atoms in total. The number of nitrogens with zero attached hydrogens (tertiary/aromatic N) is 3. The van der Waals surface area contributed by atoms with Crippen LogP contribution in [-0.4, -0.2) is 21.0 Å². The molecular weight excluding hydrogens is 366 g/mol. The summed E-state index contributed by atoms with van der Waals surface area (Å²) in [5, 5.41) is 18.6. The van der Waals surface area contributed by atoms with E-state index < -0.39 is 5.97 Å². The Bertz CT molecular complexity index is 1040. The molecule has 0 atom stereocenters. The zero-order chi connectivity index (χ0) is 19.4. The Morgan fingerprint density at radius 1 is 1.26 bits per heavy atom. The van der Waals surface area contributed by atoms with E-state index in [1.165, 1.54) is 6.20 Å². The summed E-state index contributed by atoms with van der Waals surface area (Å²) in [6.45, 7) is 1.84. The van der Waals surface area contributed by atoms with Gasteiger partial charge in [-0.2, -0.15) is 5.26 Å². The Kier molecular flexibility index (Phi) is 5.34. The van der Waals surface area contributed by atoms with E-state index in [1.54, 1.807) is 49.4 Å². The van der Waals surface area contributed by atoms with Crippen molar-refractivity contribution in [1.29, 1.82) is 5.26 Å². The zero-order valence-corrected chi connectivity index (χ0v) is 15.1. The van der Waals surface area contributed by atoms with Crippen molar-refractivity contribution in [3.63, 3.8) is 0 Å². The molecule has 2 aromatic carbocycles. The van der Waals surface area contributed by atoms with Gasteiger partial charge in [-0.05, 0) is 37.3 Å². The molecule has 0 radical (unpaired) electrons. The topological polar surface area (TPSA) is 96.1 Å². The van der Waals surface area contributed by atoms with Gasteiger partial charge < -0.3 is 9.84 Å². The molecule has 1 heterocycles. The lowest BCUT2D eigenvalue weighted by molar-refractivity contribution is 0.0695. The Labute approximate surface area is 160 Å². The van der Waals surface area contributed by atoms with Crippen LogP contribution >= 0.6 is 11.6 Å². The van der Waals surface area contributed by atoms with E-state index in [0.717, 1.165) is 5.56 Å². The maximum Gasteiger partial charge on any atom is 0.339 e. The number of rotatable bonds is 5. The molecule has 27 heavy (non-hydrogen) atoms. The van der Waals surface area contributed by atoms with Crippen LogP contribution in [0.5, 0.6) is 5.75 Å². The molecule has 0 saturated carbocycles. The molecule has 0 aliphatic heterocycles. The number of benzene rings is 2. The third-order valence-corrected chi connectivity index (χ3v) is 4.24. The number of carboxylic acids is 1. The van der Waals surface area contributed by atoms with Gasteiger partial charge in [0.2, 0.25) is 0 Å². The maximum atomic E-state index is 11.0. The smallest absolute Gasteiger partial charge is 0.339 e. The zero-order valence-electron chi connectivity index (χ0n) is 14.3. The number of hydrogen-bond acceptors (Lipinski definition) is 5. The van der Waals surface area contributed by atoms with Gasteiger partial charge in [-0.15, -0.1) is 0 Å². The van der Waals surface area contributed by atoms with Crippen LogP contribution in [0.2, 0.25) is 5.02 Å². The van der Waals surface area contributed by atoms with E-state index in [9.17, 15) is 10.1 Å². The molecule has 3 rings (SSSR count). The Balaban J connectivity index is 1.75. The second-order valence-electron chi connectivity index (χ2n) is 5.70. The van der Waals surface area contributed by atoms with Gasteiger partial charge in [-0.1, -0.05) is 23.7 Å². The van der Waals surface area contributed by atoms with Crippen molar-refractivity contribution in [2.75, 3.05) is 0 Å². The molecule has 0 unspecified atom stereocenters.